The average Bonchev–Trinajstić information content (AvgIpc) is 2.78. The van der Waals surface area contributed by atoms with Gasteiger partial charge in [-0.25, -0.2) is 0 Å². The lowest BCUT2D eigenvalue weighted by molar-refractivity contribution is 0.516. The van der Waals surface area contributed by atoms with Gasteiger partial charge in [-0.3, -0.25) is 0 Å². The molecule has 0 fully saturated rings. The fraction of sp³-hybridized carbons (Fsp3) is 0.235. The minimum atomic E-state index is 0.391. The summed E-state index contributed by atoms with van der Waals surface area (Å²) >= 11 is 0. The summed E-state index contributed by atoms with van der Waals surface area (Å²) < 4.78 is 0. The van der Waals surface area contributed by atoms with E-state index in [9.17, 15) is 0 Å². The standard InChI is InChI=1S/C17H15N/c18-11-10-15-12-14-8-4-5-9-16(14)17(15)13-6-2-1-3-7-13/h1-9,15,17H,10,12H2. The summed E-state index contributed by atoms with van der Waals surface area (Å²) in [5.74, 6) is 0.817. The van der Waals surface area contributed by atoms with Gasteiger partial charge in [-0.1, -0.05) is 54.6 Å². The number of hydrogen-bond acceptors (Lipinski definition) is 1. The summed E-state index contributed by atoms with van der Waals surface area (Å²) in [5, 5.41) is 9.02. The highest BCUT2D eigenvalue weighted by molar-refractivity contribution is 5.43. The molecule has 2 unspecified atom stereocenters. The summed E-state index contributed by atoms with van der Waals surface area (Å²) in [6, 6.07) is 21.5. The first-order valence-electron chi connectivity index (χ1n) is 6.40. The monoisotopic (exact) mass is 233 g/mol. The van der Waals surface area contributed by atoms with Crippen molar-refractivity contribution in [2.45, 2.75) is 18.8 Å². The zero-order valence-electron chi connectivity index (χ0n) is 10.2. The van der Waals surface area contributed by atoms with Gasteiger partial charge < -0.3 is 0 Å². The molecule has 2 aromatic rings. The SMILES string of the molecule is N#CCC1Cc2ccccc2C1c1ccccc1. The van der Waals surface area contributed by atoms with Crippen LogP contribution < -0.4 is 0 Å². The molecule has 1 aliphatic carbocycles. The third kappa shape index (κ3) is 1.80. The molecule has 0 N–H and O–H groups in total. The molecule has 0 spiro atoms. The van der Waals surface area contributed by atoms with Crippen molar-refractivity contribution in [3.05, 3.63) is 71.3 Å². The number of benzene rings is 2. The Balaban J connectivity index is 2.06. The normalized spacial score (nSPS) is 21.3. The Morgan fingerprint density at radius 2 is 1.72 bits per heavy atom. The number of nitriles is 1. The molecule has 1 heteroatoms. The number of rotatable bonds is 2. The van der Waals surface area contributed by atoms with Crippen molar-refractivity contribution >= 4 is 0 Å². The Hall–Kier alpha value is -2.07. The Bertz CT molecular complexity index is 580. The fourth-order valence-corrected chi connectivity index (χ4v) is 3.10. The van der Waals surface area contributed by atoms with Gasteiger partial charge in [0.15, 0.2) is 0 Å². The predicted octanol–water partition coefficient (Wildman–Crippen LogP) is 3.90. The maximum Gasteiger partial charge on any atom is 0.0625 e. The zero-order chi connectivity index (χ0) is 12.4. The molecule has 18 heavy (non-hydrogen) atoms. The third-order valence-electron chi connectivity index (χ3n) is 3.86. The van der Waals surface area contributed by atoms with Crippen molar-refractivity contribution < 1.29 is 0 Å². The zero-order valence-corrected chi connectivity index (χ0v) is 10.2. The van der Waals surface area contributed by atoms with Crippen LogP contribution in [-0.4, -0.2) is 0 Å². The predicted molar refractivity (Wildman–Crippen MR) is 72.2 cm³/mol. The second-order valence-electron chi connectivity index (χ2n) is 4.91. The lowest BCUT2D eigenvalue weighted by Gasteiger charge is -2.18. The molecule has 2 atom stereocenters. The van der Waals surface area contributed by atoms with Crippen molar-refractivity contribution in [2.75, 3.05) is 0 Å². The van der Waals surface area contributed by atoms with Crippen LogP contribution in [0.3, 0.4) is 0 Å². The Labute approximate surface area is 108 Å². The van der Waals surface area contributed by atoms with Crippen molar-refractivity contribution in [3.63, 3.8) is 0 Å². The largest absolute Gasteiger partial charge is 0.198 e. The van der Waals surface area contributed by atoms with Crippen LogP contribution in [0.15, 0.2) is 54.6 Å². The van der Waals surface area contributed by atoms with E-state index in [1.54, 1.807) is 0 Å². The van der Waals surface area contributed by atoms with E-state index in [-0.39, 0.29) is 0 Å². The van der Waals surface area contributed by atoms with Crippen LogP contribution in [0, 0.1) is 17.2 Å². The number of hydrogen-bond donors (Lipinski definition) is 0. The van der Waals surface area contributed by atoms with Gasteiger partial charge in [-0.2, -0.15) is 5.26 Å². The second kappa shape index (κ2) is 4.66. The quantitative estimate of drug-likeness (QED) is 0.771. The highest BCUT2D eigenvalue weighted by atomic mass is 14.4. The van der Waals surface area contributed by atoms with Crippen molar-refractivity contribution in [1.82, 2.24) is 0 Å². The van der Waals surface area contributed by atoms with Gasteiger partial charge in [-0.15, -0.1) is 0 Å². The van der Waals surface area contributed by atoms with Crippen LogP contribution in [0.5, 0.6) is 0 Å². The van der Waals surface area contributed by atoms with Crippen LogP contribution in [0.1, 0.15) is 29.0 Å². The van der Waals surface area contributed by atoms with Gasteiger partial charge >= 0.3 is 0 Å². The third-order valence-corrected chi connectivity index (χ3v) is 3.86. The molecule has 0 bridgehead atoms. The summed E-state index contributed by atoms with van der Waals surface area (Å²) in [5.41, 5.74) is 4.15. The average molecular weight is 233 g/mol. The molecule has 88 valence electrons. The highest BCUT2D eigenvalue weighted by Crippen LogP contribution is 2.43. The minimum absolute atomic E-state index is 0.391. The molecule has 1 aliphatic rings. The van der Waals surface area contributed by atoms with Crippen LogP contribution >= 0.6 is 0 Å². The first kappa shape index (κ1) is 11.0. The maximum absolute atomic E-state index is 9.02. The first-order valence-corrected chi connectivity index (χ1v) is 6.40. The number of nitrogens with zero attached hydrogens (tertiary/aromatic N) is 1. The van der Waals surface area contributed by atoms with Crippen molar-refractivity contribution in [3.8, 4) is 6.07 Å². The molecule has 0 aliphatic heterocycles. The fourth-order valence-electron chi connectivity index (χ4n) is 3.10. The smallest absolute Gasteiger partial charge is 0.0625 e. The van der Waals surface area contributed by atoms with Gasteiger partial charge in [0.2, 0.25) is 0 Å². The molecule has 3 rings (SSSR count). The molecule has 0 saturated carbocycles. The van der Waals surface area contributed by atoms with E-state index < -0.39 is 0 Å². The van der Waals surface area contributed by atoms with Gasteiger partial charge in [0.05, 0.1) is 6.07 Å². The highest BCUT2D eigenvalue weighted by Gasteiger charge is 2.32. The van der Waals surface area contributed by atoms with Crippen LogP contribution in [0.25, 0.3) is 0 Å². The molecular formula is C17H15N. The van der Waals surface area contributed by atoms with Crippen LogP contribution in [0.4, 0.5) is 0 Å². The van der Waals surface area contributed by atoms with Crippen LogP contribution in [0.2, 0.25) is 0 Å². The van der Waals surface area contributed by atoms with E-state index >= 15 is 0 Å². The van der Waals surface area contributed by atoms with E-state index in [0.717, 1.165) is 6.42 Å². The van der Waals surface area contributed by atoms with E-state index in [1.165, 1.54) is 16.7 Å². The second-order valence-corrected chi connectivity index (χ2v) is 4.91. The van der Waals surface area contributed by atoms with Crippen molar-refractivity contribution in [1.29, 1.82) is 5.26 Å². The molecule has 0 radical (unpaired) electrons. The van der Waals surface area contributed by atoms with E-state index in [0.29, 0.717) is 18.3 Å². The minimum Gasteiger partial charge on any atom is -0.198 e. The molecule has 1 nitrogen and oxygen atoms in total. The summed E-state index contributed by atoms with van der Waals surface area (Å²) in [6.07, 6.45) is 1.66. The molecule has 0 heterocycles. The Kier molecular flexibility index (Phi) is 2.86. The van der Waals surface area contributed by atoms with E-state index in [2.05, 4.69) is 54.6 Å². The van der Waals surface area contributed by atoms with Gasteiger partial charge in [-0.05, 0) is 29.0 Å². The maximum atomic E-state index is 9.02. The number of fused-ring (bicyclic) bond motifs is 1. The molecule has 0 saturated heterocycles. The first-order chi connectivity index (χ1) is 8.90. The summed E-state index contributed by atoms with van der Waals surface area (Å²) in [4.78, 5) is 0. The molecular weight excluding hydrogens is 218 g/mol. The summed E-state index contributed by atoms with van der Waals surface area (Å²) in [6.45, 7) is 0. The lowest BCUT2D eigenvalue weighted by atomic mass is 9.84. The molecule has 2 aromatic carbocycles. The van der Waals surface area contributed by atoms with E-state index in [4.69, 9.17) is 5.26 Å². The van der Waals surface area contributed by atoms with Crippen LogP contribution in [-0.2, 0) is 6.42 Å². The molecule has 0 amide bonds. The molecule has 0 aromatic heterocycles. The van der Waals surface area contributed by atoms with Gasteiger partial charge in [0, 0.05) is 12.3 Å². The topological polar surface area (TPSA) is 23.8 Å². The Morgan fingerprint density at radius 1 is 1.00 bits per heavy atom. The lowest BCUT2D eigenvalue weighted by Crippen LogP contribution is -2.08. The van der Waals surface area contributed by atoms with Gasteiger partial charge in [0.25, 0.3) is 0 Å². The summed E-state index contributed by atoms with van der Waals surface area (Å²) in [7, 11) is 0. The Morgan fingerprint density at radius 3 is 2.50 bits per heavy atom. The van der Waals surface area contributed by atoms with Gasteiger partial charge in [0.1, 0.15) is 0 Å². The van der Waals surface area contributed by atoms with E-state index in [1.807, 2.05) is 6.07 Å². The van der Waals surface area contributed by atoms with Crippen molar-refractivity contribution in [2.24, 2.45) is 5.92 Å².